The van der Waals surface area contributed by atoms with Crippen LogP contribution in [-0.4, -0.2) is 20.7 Å². The van der Waals surface area contributed by atoms with Crippen molar-refractivity contribution in [3.8, 4) is 5.75 Å². The van der Waals surface area contributed by atoms with Crippen LogP contribution in [0.25, 0.3) is 10.2 Å². The van der Waals surface area contributed by atoms with Crippen molar-refractivity contribution in [2.24, 2.45) is 0 Å². The van der Waals surface area contributed by atoms with Crippen LogP contribution in [0, 0.1) is 0 Å². The van der Waals surface area contributed by atoms with Crippen LogP contribution in [0.4, 0.5) is 0 Å². The lowest BCUT2D eigenvalue weighted by Crippen LogP contribution is -2.25. The van der Waals surface area contributed by atoms with E-state index in [1.54, 1.807) is 18.4 Å². The Balaban J connectivity index is 3.02. The second kappa shape index (κ2) is 3.64. The molecule has 0 radical (unpaired) electrons. The summed E-state index contributed by atoms with van der Waals surface area (Å²) in [7, 11) is 0. The van der Waals surface area contributed by atoms with Crippen molar-refractivity contribution in [2.45, 2.75) is 13.5 Å². The Morgan fingerprint density at radius 2 is 2.25 bits per heavy atom. The first-order valence-corrected chi connectivity index (χ1v) is 5.52. The zero-order chi connectivity index (χ0) is 11.9. The predicted molar refractivity (Wildman–Crippen MR) is 60.4 cm³/mol. The minimum absolute atomic E-state index is 0.371. The van der Waals surface area contributed by atoms with Gasteiger partial charge >= 0.3 is 5.97 Å². The van der Waals surface area contributed by atoms with Crippen molar-refractivity contribution < 1.29 is 15.0 Å². The number of fused-ring (bicyclic) bond motifs is 1. The maximum Gasteiger partial charge on any atom is 0.345 e. The van der Waals surface area contributed by atoms with E-state index in [1.165, 1.54) is 15.9 Å². The van der Waals surface area contributed by atoms with E-state index < -0.39 is 22.8 Å². The molecule has 84 valence electrons. The summed E-state index contributed by atoms with van der Waals surface area (Å²) in [5.41, 5.74) is -1.23. The molecule has 0 saturated carbocycles. The Bertz CT molecular complexity index is 626. The summed E-state index contributed by atoms with van der Waals surface area (Å²) in [5.74, 6) is -1.85. The van der Waals surface area contributed by atoms with E-state index in [4.69, 9.17) is 5.11 Å². The van der Waals surface area contributed by atoms with Crippen molar-refractivity contribution >= 4 is 27.5 Å². The lowest BCUT2D eigenvalue weighted by molar-refractivity contribution is 0.0691. The number of carboxylic acids is 1. The van der Waals surface area contributed by atoms with Gasteiger partial charge in [-0.1, -0.05) is 0 Å². The summed E-state index contributed by atoms with van der Waals surface area (Å²) in [4.78, 5) is 23.3. The molecule has 2 rings (SSSR count). The molecular weight excluding hydrogens is 230 g/mol. The molecule has 0 spiro atoms. The highest BCUT2D eigenvalue weighted by Gasteiger charge is 2.21. The third-order valence-electron chi connectivity index (χ3n) is 2.37. The van der Waals surface area contributed by atoms with E-state index in [1.807, 2.05) is 0 Å². The van der Waals surface area contributed by atoms with Gasteiger partial charge in [-0.25, -0.2) is 4.79 Å². The van der Waals surface area contributed by atoms with Gasteiger partial charge in [0.05, 0.1) is 5.39 Å². The van der Waals surface area contributed by atoms with Gasteiger partial charge in [0.15, 0.2) is 5.56 Å². The van der Waals surface area contributed by atoms with Crippen LogP contribution in [0.2, 0.25) is 0 Å². The Morgan fingerprint density at radius 1 is 1.56 bits per heavy atom. The van der Waals surface area contributed by atoms with Crippen LogP contribution < -0.4 is 5.56 Å². The summed E-state index contributed by atoms with van der Waals surface area (Å²) >= 11 is 1.30. The summed E-state index contributed by atoms with van der Waals surface area (Å²) in [6, 6.07) is 1.60. The SMILES string of the molecule is CCn1c(=O)c(C(=O)O)c(O)c2ccsc21. The van der Waals surface area contributed by atoms with E-state index >= 15 is 0 Å². The topological polar surface area (TPSA) is 79.5 Å². The maximum atomic E-state index is 11.8. The highest BCUT2D eigenvalue weighted by Crippen LogP contribution is 2.29. The molecule has 0 atom stereocenters. The van der Waals surface area contributed by atoms with E-state index in [-0.39, 0.29) is 0 Å². The number of carbonyl (C=O) groups is 1. The molecule has 0 aliphatic rings. The minimum Gasteiger partial charge on any atom is -0.506 e. The van der Waals surface area contributed by atoms with Crippen LogP contribution >= 0.6 is 11.3 Å². The average molecular weight is 239 g/mol. The molecule has 0 amide bonds. The Morgan fingerprint density at radius 3 is 2.81 bits per heavy atom. The van der Waals surface area contributed by atoms with E-state index in [0.29, 0.717) is 16.8 Å². The summed E-state index contributed by atoms with van der Waals surface area (Å²) in [5, 5.41) is 20.7. The molecule has 0 unspecified atom stereocenters. The van der Waals surface area contributed by atoms with Crippen LogP contribution in [0.15, 0.2) is 16.2 Å². The molecule has 5 nitrogen and oxygen atoms in total. The van der Waals surface area contributed by atoms with Gasteiger partial charge in [-0.3, -0.25) is 9.36 Å². The largest absolute Gasteiger partial charge is 0.506 e. The van der Waals surface area contributed by atoms with E-state index in [2.05, 4.69) is 0 Å². The number of aromatic carboxylic acids is 1. The van der Waals surface area contributed by atoms with Gasteiger partial charge in [0.2, 0.25) is 0 Å². The van der Waals surface area contributed by atoms with Crippen LogP contribution in [0.3, 0.4) is 0 Å². The third kappa shape index (κ3) is 1.30. The van der Waals surface area contributed by atoms with E-state index in [0.717, 1.165) is 0 Å². The molecular formula is C10H9NO4S. The van der Waals surface area contributed by atoms with E-state index in [9.17, 15) is 14.7 Å². The smallest absolute Gasteiger partial charge is 0.345 e. The number of nitrogens with zero attached hydrogens (tertiary/aromatic N) is 1. The number of thiophene rings is 1. The molecule has 6 heteroatoms. The second-order valence-corrected chi connectivity index (χ2v) is 4.11. The Labute approximate surface area is 94.2 Å². The fourth-order valence-electron chi connectivity index (χ4n) is 1.63. The zero-order valence-corrected chi connectivity index (χ0v) is 9.24. The van der Waals surface area contributed by atoms with Crippen LogP contribution in [0.5, 0.6) is 5.75 Å². The molecule has 16 heavy (non-hydrogen) atoms. The first-order valence-electron chi connectivity index (χ1n) is 4.64. The van der Waals surface area contributed by atoms with Crippen LogP contribution in [0.1, 0.15) is 17.3 Å². The van der Waals surface area contributed by atoms with Crippen molar-refractivity contribution in [3.63, 3.8) is 0 Å². The normalized spacial score (nSPS) is 10.8. The molecule has 0 aromatic carbocycles. The number of aryl methyl sites for hydroxylation is 1. The highest BCUT2D eigenvalue weighted by atomic mass is 32.1. The van der Waals surface area contributed by atoms with Gasteiger partial charge < -0.3 is 10.2 Å². The van der Waals surface area contributed by atoms with Crippen molar-refractivity contribution in [1.82, 2.24) is 4.57 Å². The van der Waals surface area contributed by atoms with Gasteiger partial charge in [0, 0.05) is 6.54 Å². The number of rotatable bonds is 2. The molecule has 2 aromatic rings. The summed E-state index contributed by atoms with van der Waals surface area (Å²) in [6.45, 7) is 2.12. The quantitative estimate of drug-likeness (QED) is 0.832. The summed E-state index contributed by atoms with van der Waals surface area (Å²) < 4.78 is 1.35. The molecule has 0 aliphatic heterocycles. The Kier molecular flexibility index (Phi) is 2.43. The molecule has 2 aromatic heterocycles. The molecule has 2 N–H and O–H groups in total. The molecule has 2 heterocycles. The lowest BCUT2D eigenvalue weighted by Gasteiger charge is -2.07. The number of hydrogen-bond acceptors (Lipinski definition) is 4. The Hall–Kier alpha value is -1.82. The highest BCUT2D eigenvalue weighted by molar-refractivity contribution is 7.16. The first kappa shape index (κ1) is 10.7. The van der Waals surface area contributed by atoms with Crippen molar-refractivity contribution in [1.29, 1.82) is 0 Å². The third-order valence-corrected chi connectivity index (χ3v) is 3.31. The monoisotopic (exact) mass is 239 g/mol. The fraction of sp³-hybridized carbons (Fsp3) is 0.200. The molecule has 0 bridgehead atoms. The van der Waals surface area contributed by atoms with Gasteiger partial charge in [-0.05, 0) is 18.4 Å². The van der Waals surface area contributed by atoms with Crippen LogP contribution in [-0.2, 0) is 6.54 Å². The number of hydrogen-bond donors (Lipinski definition) is 2. The average Bonchev–Trinajstić information content (AvgIpc) is 2.66. The number of pyridine rings is 1. The number of carboxylic acid groups (broad SMARTS) is 1. The van der Waals surface area contributed by atoms with Gasteiger partial charge in [0.25, 0.3) is 5.56 Å². The zero-order valence-electron chi connectivity index (χ0n) is 8.43. The fourth-order valence-corrected chi connectivity index (χ4v) is 2.60. The van der Waals surface area contributed by atoms with Gasteiger partial charge in [-0.15, -0.1) is 11.3 Å². The van der Waals surface area contributed by atoms with Gasteiger partial charge in [0.1, 0.15) is 10.6 Å². The number of aromatic hydroxyl groups is 1. The summed E-state index contributed by atoms with van der Waals surface area (Å²) in [6.07, 6.45) is 0. The minimum atomic E-state index is -1.40. The number of aromatic nitrogens is 1. The van der Waals surface area contributed by atoms with Crippen molar-refractivity contribution in [2.75, 3.05) is 0 Å². The standard InChI is InChI=1S/C10H9NO4S/c1-2-11-8(13)6(10(14)15)7(12)5-3-4-16-9(5)11/h3-4,12H,2H2,1H3,(H,14,15). The van der Waals surface area contributed by atoms with Gasteiger partial charge in [-0.2, -0.15) is 0 Å². The molecule has 0 fully saturated rings. The first-order chi connectivity index (χ1) is 7.57. The second-order valence-electron chi connectivity index (χ2n) is 3.22. The lowest BCUT2D eigenvalue weighted by atomic mass is 10.2. The molecule has 0 aliphatic carbocycles. The molecule has 0 saturated heterocycles. The van der Waals surface area contributed by atoms with Crippen molar-refractivity contribution in [3.05, 3.63) is 27.4 Å². The maximum absolute atomic E-state index is 11.8. The predicted octanol–water partition coefficient (Wildman–Crippen LogP) is 1.49.